The van der Waals surface area contributed by atoms with Crippen LogP contribution in [-0.2, 0) is 11.3 Å². The van der Waals surface area contributed by atoms with Gasteiger partial charge in [-0.1, -0.05) is 30.3 Å². The van der Waals surface area contributed by atoms with E-state index in [0.717, 1.165) is 83.4 Å². The zero-order valence-corrected chi connectivity index (χ0v) is 20.0. The normalized spacial score (nSPS) is 18.3. The third-order valence-electron chi connectivity index (χ3n) is 6.73. The first-order chi connectivity index (χ1) is 16.1. The Morgan fingerprint density at radius 2 is 1.64 bits per heavy atom. The summed E-state index contributed by atoms with van der Waals surface area (Å²) in [5, 5.41) is 11.8. The molecule has 0 unspecified atom stereocenters. The van der Waals surface area contributed by atoms with Gasteiger partial charge in [0.2, 0.25) is 5.91 Å². The maximum absolute atomic E-state index is 12.7. The Morgan fingerprint density at radius 3 is 2.27 bits per heavy atom. The number of benzene rings is 1. The number of nitrogens with one attached hydrogen (secondary N) is 1. The third-order valence-corrected chi connectivity index (χ3v) is 6.73. The van der Waals surface area contributed by atoms with Crippen molar-refractivity contribution in [3.63, 3.8) is 0 Å². The number of amides is 1. The number of aromatic nitrogens is 2. The first-order valence-electron chi connectivity index (χ1n) is 12.1. The van der Waals surface area contributed by atoms with Crippen molar-refractivity contribution in [2.45, 2.75) is 19.4 Å². The van der Waals surface area contributed by atoms with E-state index in [-0.39, 0.29) is 11.8 Å². The zero-order valence-electron chi connectivity index (χ0n) is 20.0. The van der Waals surface area contributed by atoms with E-state index in [1.54, 1.807) is 0 Å². The third kappa shape index (κ3) is 6.65. The van der Waals surface area contributed by atoms with E-state index in [0.29, 0.717) is 0 Å². The molecular weight excluding hydrogens is 414 g/mol. The summed E-state index contributed by atoms with van der Waals surface area (Å²) in [7, 11) is 3.92. The number of carbonyl (C=O) groups is 1. The second-order valence-electron chi connectivity index (χ2n) is 9.30. The van der Waals surface area contributed by atoms with Crippen LogP contribution in [0.1, 0.15) is 18.4 Å². The predicted molar refractivity (Wildman–Crippen MR) is 132 cm³/mol. The molecule has 8 heteroatoms. The molecule has 3 heterocycles. The summed E-state index contributed by atoms with van der Waals surface area (Å²) in [5.74, 6) is 2.04. The lowest BCUT2D eigenvalue weighted by molar-refractivity contribution is -0.125. The maximum atomic E-state index is 12.7. The van der Waals surface area contributed by atoms with Crippen LogP contribution < -0.4 is 15.1 Å². The van der Waals surface area contributed by atoms with E-state index in [1.807, 2.05) is 31.1 Å². The van der Waals surface area contributed by atoms with Crippen molar-refractivity contribution in [2.75, 3.05) is 76.3 Å². The topological polar surface area (TPSA) is 67.8 Å². The van der Waals surface area contributed by atoms with Crippen molar-refractivity contribution in [3.8, 4) is 0 Å². The molecule has 4 rings (SSSR count). The zero-order chi connectivity index (χ0) is 23.0. The minimum absolute atomic E-state index is 0.0953. The molecule has 0 bridgehead atoms. The highest BCUT2D eigenvalue weighted by Crippen LogP contribution is 2.22. The van der Waals surface area contributed by atoms with Crippen LogP contribution in [0.3, 0.4) is 0 Å². The molecule has 1 N–H and O–H groups in total. The smallest absolute Gasteiger partial charge is 0.223 e. The molecule has 2 aliphatic heterocycles. The first kappa shape index (κ1) is 23.4. The van der Waals surface area contributed by atoms with E-state index in [2.05, 4.69) is 60.5 Å². The predicted octanol–water partition coefficient (Wildman–Crippen LogP) is 1.69. The van der Waals surface area contributed by atoms with Crippen LogP contribution in [0.5, 0.6) is 0 Å². The molecular formula is C25H37N7O. The van der Waals surface area contributed by atoms with Gasteiger partial charge < -0.3 is 15.1 Å². The first-order valence-corrected chi connectivity index (χ1v) is 12.1. The van der Waals surface area contributed by atoms with Gasteiger partial charge in [-0.05, 0) is 30.5 Å². The highest BCUT2D eigenvalue weighted by molar-refractivity contribution is 5.79. The van der Waals surface area contributed by atoms with E-state index in [9.17, 15) is 4.79 Å². The molecule has 1 amide bonds. The number of anilines is 2. The van der Waals surface area contributed by atoms with E-state index in [1.165, 1.54) is 5.56 Å². The summed E-state index contributed by atoms with van der Waals surface area (Å²) in [5.41, 5.74) is 1.38. The van der Waals surface area contributed by atoms with Crippen LogP contribution in [0.4, 0.5) is 11.6 Å². The number of nitrogens with zero attached hydrogens (tertiary/aromatic N) is 6. The molecule has 2 aromatic rings. The minimum atomic E-state index is 0.0953. The van der Waals surface area contributed by atoms with Gasteiger partial charge in [-0.2, -0.15) is 0 Å². The molecule has 2 fully saturated rings. The molecule has 0 aliphatic carbocycles. The van der Waals surface area contributed by atoms with Gasteiger partial charge in [-0.25, -0.2) is 0 Å². The Bertz CT molecular complexity index is 858. The Morgan fingerprint density at radius 1 is 0.939 bits per heavy atom. The number of piperazine rings is 1. The van der Waals surface area contributed by atoms with Crippen molar-refractivity contribution in [1.82, 2.24) is 25.3 Å². The van der Waals surface area contributed by atoms with Gasteiger partial charge in [-0.3, -0.25) is 14.6 Å². The Hall–Kier alpha value is -2.71. The summed E-state index contributed by atoms with van der Waals surface area (Å²) in [4.78, 5) is 21.8. The minimum Gasteiger partial charge on any atom is -0.361 e. The number of piperidine rings is 1. The SMILES string of the molecule is CN(C)c1ccc(N2CCC(C(=O)NCCN3CCN(Cc4ccccc4)CC3)CC2)nn1. The molecule has 0 spiro atoms. The van der Waals surface area contributed by atoms with Crippen LogP contribution in [0.15, 0.2) is 42.5 Å². The van der Waals surface area contributed by atoms with Gasteiger partial charge in [0.1, 0.15) is 0 Å². The van der Waals surface area contributed by atoms with E-state index in [4.69, 9.17) is 0 Å². The highest BCUT2D eigenvalue weighted by Gasteiger charge is 2.26. The number of rotatable bonds is 8. The molecule has 33 heavy (non-hydrogen) atoms. The van der Waals surface area contributed by atoms with E-state index < -0.39 is 0 Å². The van der Waals surface area contributed by atoms with Gasteiger partial charge in [0.25, 0.3) is 0 Å². The van der Waals surface area contributed by atoms with Crippen LogP contribution in [0, 0.1) is 5.92 Å². The molecule has 0 saturated carbocycles. The lowest BCUT2D eigenvalue weighted by atomic mass is 9.96. The molecule has 8 nitrogen and oxygen atoms in total. The number of hydrogen-bond acceptors (Lipinski definition) is 7. The molecule has 2 saturated heterocycles. The van der Waals surface area contributed by atoms with Crippen molar-refractivity contribution in [2.24, 2.45) is 5.92 Å². The molecule has 1 aromatic carbocycles. The fourth-order valence-corrected chi connectivity index (χ4v) is 4.59. The molecule has 178 valence electrons. The van der Waals surface area contributed by atoms with Gasteiger partial charge in [0.05, 0.1) is 0 Å². The average Bonchev–Trinajstić information content (AvgIpc) is 2.86. The van der Waals surface area contributed by atoms with Crippen LogP contribution in [0.2, 0.25) is 0 Å². The van der Waals surface area contributed by atoms with Crippen LogP contribution >= 0.6 is 0 Å². The molecule has 2 aliphatic rings. The maximum Gasteiger partial charge on any atom is 0.223 e. The Kier molecular flexibility index (Phi) is 8.12. The number of hydrogen-bond donors (Lipinski definition) is 1. The van der Waals surface area contributed by atoms with Crippen molar-refractivity contribution in [3.05, 3.63) is 48.0 Å². The van der Waals surface area contributed by atoms with Gasteiger partial charge in [0.15, 0.2) is 11.6 Å². The lowest BCUT2D eigenvalue weighted by Gasteiger charge is -2.35. The number of carbonyl (C=O) groups excluding carboxylic acids is 1. The van der Waals surface area contributed by atoms with E-state index >= 15 is 0 Å². The quantitative estimate of drug-likeness (QED) is 0.655. The van der Waals surface area contributed by atoms with Crippen molar-refractivity contribution in [1.29, 1.82) is 0 Å². The fraction of sp³-hybridized carbons (Fsp3) is 0.560. The fourth-order valence-electron chi connectivity index (χ4n) is 4.59. The summed E-state index contributed by atoms with van der Waals surface area (Å²) in [6.07, 6.45) is 1.72. The summed E-state index contributed by atoms with van der Waals surface area (Å²) >= 11 is 0. The highest BCUT2D eigenvalue weighted by atomic mass is 16.1. The second kappa shape index (κ2) is 11.4. The monoisotopic (exact) mass is 451 g/mol. The van der Waals surface area contributed by atoms with Crippen molar-refractivity contribution < 1.29 is 4.79 Å². The summed E-state index contributed by atoms with van der Waals surface area (Å²) in [6, 6.07) is 14.7. The van der Waals surface area contributed by atoms with Crippen molar-refractivity contribution >= 4 is 17.5 Å². The van der Waals surface area contributed by atoms with Gasteiger partial charge in [-0.15, -0.1) is 10.2 Å². The summed E-state index contributed by atoms with van der Waals surface area (Å²) in [6.45, 7) is 8.67. The van der Waals surface area contributed by atoms with Gasteiger partial charge in [0, 0.05) is 78.9 Å². The Labute approximate surface area is 197 Å². The van der Waals surface area contributed by atoms with Crippen LogP contribution in [0.25, 0.3) is 0 Å². The molecule has 0 radical (unpaired) electrons. The standard InChI is InChI=1S/C25H37N7O/c1-29(2)23-8-9-24(28-27-23)32-13-10-22(11-14-32)25(33)26-12-15-30-16-18-31(19-17-30)20-21-6-4-3-5-7-21/h3-9,22H,10-20H2,1-2H3,(H,26,33). The largest absolute Gasteiger partial charge is 0.361 e. The Balaban J connectivity index is 1.11. The average molecular weight is 452 g/mol. The molecule has 1 aromatic heterocycles. The van der Waals surface area contributed by atoms with Gasteiger partial charge >= 0.3 is 0 Å². The van der Waals surface area contributed by atoms with Crippen LogP contribution in [-0.4, -0.2) is 92.4 Å². The summed E-state index contributed by atoms with van der Waals surface area (Å²) < 4.78 is 0. The second-order valence-corrected chi connectivity index (χ2v) is 9.30. The lowest BCUT2D eigenvalue weighted by Crippen LogP contribution is -2.48. The molecule has 0 atom stereocenters.